The molecule has 0 fully saturated rings. The number of hydrogen-bond donors (Lipinski definition) is 3. The molecule has 0 aliphatic heterocycles. The van der Waals surface area contributed by atoms with Gasteiger partial charge >= 0.3 is 0 Å². The molecule has 0 atom stereocenters. The highest BCUT2D eigenvalue weighted by Gasteiger charge is 2.36. The lowest BCUT2D eigenvalue weighted by Crippen LogP contribution is -2.29. The van der Waals surface area contributed by atoms with Crippen molar-refractivity contribution in [1.82, 2.24) is 9.97 Å². The number of carbonyl (C=O) groups excluding carboxylic acids is 1. The van der Waals surface area contributed by atoms with Gasteiger partial charge in [0.15, 0.2) is 0 Å². The van der Waals surface area contributed by atoms with Crippen LogP contribution < -0.4 is 11.1 Å². The predicted octanol–water partition coefficient (Wildman–Crippen LogP) is 2.22. The van der Waals surface area contributed by atoms with Crippen LogP contribution in [0.1, 0.15) is 31.9 Å². The van der Waals surface area contributed by atoms with Crippen LogP contribution in [0.5, 0.6) is 5.75 Å². The van der Waals surface area contributed by atoms with Crippen LogP contribution in [-0.2, 0) is 16.6 Å². The number of carbonyl (C=O) groups is 1. The minimum atomic E-state index is -0.297. The number of rotatable bonds is 1. The molecule has 0 unspecified atom stereocenters. The maximum Gasteiger partial charge on any atom is 0.221 e. The number of phenols is 1. The second-order valence-corrected chi connectivity index (χ2v) is 6.21. The maximum atomic E-state index is 11.4. The van der Waals surface area contributed by atoms with Gasteiger partial charge in [-0.05, 0) is 29.5 Å². The molecular weight excluding hydrogens is 280 g/mol. The first kappa shape index (κ1) is 14.3. The molecule has 6 heteroatoms. The molecule has 1 aliphatic rings. The molecule has 1 aromatic carbocycles. The minimum Gasteiger partial charge on any atom is -0.506 e. The van der Waals surface area contributed by atoms with Crippen LogP contribution in [-0.4, -0.2) is 21.0 Å². The largest absolute Gasteiger partial charge is 0.506 e. The number of nitrogen functional groups attached to an aromatic ring is 1. The maximum absolute atomic E-state index is 11.4. The van der Waals surface area contributed by atoms with E-state index >= 15 is 0 Å². The topological polar surface area (TPSA) is 101 Å². The van der Waals surface area contributed by atoms with E-state index in [-0.39, 0.29) is 17.1 Å². The zero-order chi connectivity index (χ0) is 16.1. The van der Waals surface area contributed by atoms with Crippen molar-refractivity contribution in [2.24, 2.45) is 0 Å². The summed E-state index contributed by atoms with van der Waals surface area (Å²) in [6.45, 7) is 5.52. The number of benzene rings is 1. The molecule has 0 saturated carbocycles. The Morgan fingerprint density at radius 2 is 2.09 bits per heavy atom. The Hall–Kier alpha value is -2.63. The second kappa shape index (κ2) is 4.69. The first-order valence-electron chi connectivity index (χ1n) is 7.05. The standard InChI is InChI=1S/C16H18N4O2/c1-8(21)20-13-10-6-16(2,3)12-14(18-7-19-15(12)17)9(10)4-5-11(13)22/h4-5,7,22H,6H2,1-3H3,(H,20,21)(H2,17,18,19). The van der Waals surface area contributed by atoms with Gasteiger partial charge in [0.25, 0.3) is 0 Å². The summed E-state index contributed by atoms with van der Waals surface area (Å²) in [7, 11) is 0. The average molecular weight is 298 g/mol. The van der Waals surface area contributed by atoms with E-state index in [9.17, 15) is 9.90 Å². The Labute approximate surface area is 128 Å². The van der Waals surface area contributed by atoms with Crippen molar-refractivity contribution < 1.29 is 9.90 Å². The summed E-state index contributed by atoms with van der Waals surface area (Å²) in [4.78, 5) is 19.9. The Bertz CT molecular complexity index is 784. The van der Waals surface area contributed by atoms with Crippen LogP contribution in [0.4, 0.5) is 11.5 Å². The molecule has 4 N–H and O–H groups in total. The van der Waals surface area contributed by atoms with Gasteiger partial charge in [0.2, 0.25) is 5.91 Å². The van der Waals surface area contributed by atoms with Gasteiger partial charge in [-0.1, -0.05) is 13.8 Å². The highest BCUT2D eigenvalue weighted by molar-refractivity contribution is 5.94. The van der Waals surface area contributed by atoms with Crippen LogP contribution in [0.2, 0.25) is 0 Å². The molecule has 1 heterocycles. The van der Waals surface area contributed by atoms with Crippen molar-refractivity contribution in [3.8, 4) is 17.0 Å². The quantitative estimate of drug-likeness (QED) is 0.701. The van der Waals surface area contributed by atoms with Gasteiger partial charge in [-0.25, -0.2) is 9.97 Å². The fourth-order valence-corrected chi connectivity index (χ4v) is 3.16. The van der Waals surface area contributed by atoms with E-state index in [1.807, 2.05) is 0 Å². The number of nitrogens with one attached hydrogen (secondary N) is 1. The zero-order valence-electron chi connectivity index (χ0n) is 12.8. The van der Waals surface area contributed by atoms with E-state index in [1.54, 1.807) is 12.1 Å². The summed E-state index contributed by atoms with van der Waals surface area (Å²) in [6.07, 6.45) is 2.06. The van der Waals surface area contributed by atoms with E-state index < -0.39 is 0 Å². The van der Waals surface area contributed by atoms with Crippen molar-refractivity contribution >= 4 is 17.4 Å². The van der Waals surface area contributed by atoms with Crippen LogP contribution in [0.25, 0.3) is 11.3 Å². The average Bonchev–Trinajstić information content (AvgIpc) is 2.41. The molecule has 1 amide bonds. The third-order valence-electron chi connectivity index (χ3n) is 4.02. The molecule has 6 nitrogen and oxygen atoms in total. The van der Waals surface area contributed by atoms with Gasteiger partial charge in [-0.3, -0.25) is 4.79 Å². The molecule has 114 valence electrons. The molecule has 0 radical (unpaired) electrons. The number of hydrogen-bond acceptors (Lipinski definition) is 5. The highest BCUT2D eigenvalue weighted by atomic mass is 16.3. The molecule has 0 bridgehead atoms. The van der Waals surface area contributed by atoms with Crippen molar-refractivity contribution in [1.29, 1.82) is 0 Å². The van der Waals surface area contributed by atoms with Gasteiger partial charge in [0, 0.05) is 18.1 Å². The Morgan fingerprint density at radius 3 is 2.77 bits per heavy atom. The zero-order valence-corrected chi connectivity index (χ0v) is 12.8. The van der Waals surface area contributed by atoms with Crippen molar-refractivity contribution in [2.75, 3.05) is 11.1 Å². The van der Waals surface area contributed by atoms with Crippen LogP contribution in [0.15, 0.2) is 18.5 Å². The fourth-order valence-electron chi connectivity index (χ4n) is 3.16. The van der Waals surface area contributed by atoms with Crippen molar-refractivity contribution in [3.05, 3.63) is 29.6 Å². The number of nitrogens with zero attached hydrogens (tertiary/aromatic N) is 2. The van der Waals surface area contributed by atoms with Crippen LogP contribution >= 0.6 is 0 Å². The SMILES string of the molecule is CC(=O)Nc1c(O)ccc2c1CC(C)(C)c1c(N)ncnc1-2. The third kappa shape index (κ3) is 2.07. The Balaban J connectivity index is 2.32. The normalized spacial score (nSPS) is 14.9. The number of phenolic OH excluding ortho intramolecular Hbond substituents is 1. The van der Waals surface area contributed by atoms with Gasteiger partial charge < -0.3 is 16.2 Å². The number of amides is 1. The van der Waals surface area contributed by atoms with Gasteiger partial charge in [-0.2, -0.15) is 0 Å². The fraction of sp³-hybridized carbons (Fsp3) is 0.312. The molecular formula is C16H18N4O2. The lowest BCUT2D eigenvalue weighted by atomic mass is 9.71. The lowest BCUT2D eigenvalue weighted by Gasteiger charge is -2.34. The molecule has 2 aromatic rings. The van der Waals surface area contributed by atoms with E-state index in [4.69, 9.17) is 5.73 Å². The molecule has 0 saturated heterocycles. The Kier molecular flexibility index (Phi) is 3.05. The first-order valence-corrected chi connectivity index (χ1v) is 7.05. The number of aromatic hydroxyl groups is 1. The summed E-state index contributed by atoms with van der Waals surface area (Å²) in [5.41, 5.74) is 9.59. The Morgan fingerprint density at radius 1 is 1.36 bits per heavy atom. The number of nitrogens with two attached hydrogens (primary N) is 1. The van der Waals surface area contributed by atoms with Gasteiger partial charge in [-0.15, -0.1) is 0 Å². The minimum absolute atomic E-state index is 0.0511. The summed E-state index contributed by atoms with van der Waals surface area (Å²) >= 11 is 0. The summed E-state index contributed by atoms with van der Waals surface area (Å²) in [6, 6.07) is 3.36. The van der Waals surface area contributed by atoms with Crippen molar-refractivity contribution in [2.45, 2.75) is 32.6 Å². The van der Waals surface area contributed by atoms with Crippen molar-refractivity contribution in [3.63, 3.8) is 0 Å². The molecule has 1 aromatic heterocycles. The highest BCUT2D eigenvalue weighted by Crippen LogP contribution is 2.48. The van der Waals surface area contributed by atoms with E-state index in [0.29, 0.717) is 17.9 Å². The first-order chi connectivity index (χ1) is 10.3. The monoisotopic (exact) mass is 298 g/mol. The molecule has 0 spiro atoms. The van der Waals surface area contributed by atoms with E-state index in [2.05, 4.69) is 29.1 Å². The molecule has 1 aliphatic carbocycles. The summed E-state index contributed by atoms with van der Waals surface area (Å²) in [5, 5.41) is 12.8. The second-order valence-electron chi connectivity index (χ2n) is 6.21. The van der Waals surface area contributed by atoms with Crippen LogP contribution in [0.3, 0.4) is 0 Å². The predicted molar refractivity (Wildman–Crippen MR) is 84.6 cm³/mol. The lowest BCUT2D eigenvalue weighted by molar-refractivity contribution is -0.114. The van der Waals surface area contributed by atoms with E-state index in [1.165, 1.54) is 13.3 Å². The number of aromatic nitrogens is 2. The third-order valence-corrected chi connectivity index (χ3v) is 4.02. The summed E-state index contributed by atoms with van der Waals surface area (Å²) in [5.74, 6) is 0.291. The van der Waals surface area contributed by atoms with E-state index in [0.717, 1.165) is 22.4 Å². The summed E-state index contributed by atoms with van der Waals surface area (Å²) < 4.78 is 0. The smallest absolute Gasteiger partial charge is 0.221 e. The van der Waals surface area contributed by atoms with Gasteiger partial charge in [0.05, 0.1) is 11.4 Å². The van der Waals surface area contributed by atoms with Crippen LogP contribution in [0, 0.1) is 0 Å². The number of fused-ring (bicyclic) bond motifs is 3. The number of anilines is 2. The van der Waals surface area contributed by atoms with Gasteiger partial charge in [0.1, 0.15) is 17.9 Å². The molecule has 22 heavy (non-hydrogen) atoms. The molecule has 3 rings (SSSR count).